The third-order valence-corrected chi connectivity index (χ3v) is 6.15. The smallest absolute Gasteiger partial charge is 0.266 e. The van der Waals surface area contributed by atoms with Gasteiger partial charge in [0.05, 0.1) is 11.1 Å². The predicted molar refractivity (Wildman–Crippen MR) is 139 cm³/mol. The van der Waals surface area contributed by atoms with E-state index in [0.717, 1.165) is 16.7 Å². The van der Waals surface area contributed by atoms with Crippen LogP contribution >= 0.6 is 27.5 Å². The van der Waals surface area contributed by atoms with Gasteiger partial charge in [0.15, 0.2) is 11.5 Å². The largest absolute Gasteiger partial charge is 0.490 e. The average molecular weight is 540 g/mol. The van der Waals surface area contributed by atoms with E-state index < -0.39 is 5.91 Å². The molecular weight excluding hydrogens is 516 g/mol. The standard InChI is InChI=1S/C27H24BrClN2O3/c1-4-33-25-14-19(13-22(28)26(25)34-16-20-9-5-6-10-23(20)29)12-21(15-30)27(32)31-24-11-7-8-17(2)18(24)3/h5-14H,4,16H2,1-3H3,(H,31,32)/b21-12-. The summed E-state index contributed by atoms with van der Waals surface area (Å²) in [5.74, 6) is 0.518. The van der Waals surface area contributed by atoms with Gasteiger partial charge in [0.2, 0.25) is 0 Å². The van der Waals surface area contributed by atoms with Crippen LogP contribution in [0.3, 0.4) is 0 Å². The molecule has 0 fully saturated rings. The van der Waals surface area contributed by atoms with Gasteiger partial charge in [-0.25, -0.2) is 0 Å². The van der Waals surface area contributed by atoms with Gasteiger partial charge in [-0.2, -0.15) is 5.26 Å². The van der Waals surface area contributed by atoms with Crippen LogP contribution in [0, 0.1) is 25.2 Å². The van der Waals surface area contributed by atoms with Crippen LogP contribution in [0.15, 0.2) is 64.6 Å². The first kappa shape index (κ1) is 25.4. The van der Waals surface area contributed by atoms with Gasteiger partial charge >= 0.3 is 0 Å². The molecule has 5 nitrogen and oxygen atoms in total. The van der Waals surface area contributed by atoms with Crippen LogP contribution in [-0.4, -0.2) is 12.5 Å². The maximum Gasteiger partial charge on any atom is 0.266 e. The number of nitrogens with zero attached hydrogens (tertiary/aromatic N) is 1. The lowest BCUT2D eigenvalue weighted by Crippen LogP contribution is -2.14. The Morgan fingerprint density at radius 3 is 2.62 bits per heavy atom. The van der Waals surface area contributed by atoms with Gasteiger partial charge in [-0.15, -0.1) is 0 Å². The van der Waals surface area contributed by atoms with Crippen LogP contribution in [0.25, 0.3) is 6.08 Å². The maximum absolute atomic E-state index is 12.8. The molecule has 0 saturated carbocycles. The van der Waals surface area contributed by atoms with Crippen molar-refractivity contribution in [2.24, 2.45) is 0 Å². The number of anilines is 1. The number of nitrogens with one attached hydrogen (secondary N) is 1. The topological polar surface area (TPSA) is 71.3 Å². The van der Waals surface area contributed by atoms with E-state index in [-0.39, 0.29) is 12.2 Å². The van der Waals surface area contributed by atoms with E-state index >= 15 is 0 Å². The second-order valence-electron chi connectivity index (χ2n) is 7.51. The summed E-state index contributed by atoms with van der Waals surface area (Å²) < 4.78 is 12.4. The van der Waals surface area contributed by atoms with E-state index in [4.69, 9.17) is 21.1 Å². The normalized spacial score (nSPS) is 11.0. The Kier molecular flexibility index (Phi) is 8.75. The number of hydrogen-bond acceptors (Lipinski definition) is 4. The van der Waals surface area contributed by atoms with Crippen molar-refractivity contribution in [3.8, 4) is 17.6 Å². The SMILES string of the molecule is CCOc1cc(/C=C(/C#N)C(=O)Nc2cccc(C)c2C)cc(Br)c1OCc1ccccc1Cl. The molecule has 1 amide bonds. The molecule has 0 aliphatic rings. The Labute approximate surface area is 213 Å². The van der Waals surface area contributed by atoms with Crippen LogP contribution in [-0.2, 0) is 11.4 Å². The molecule has 0 atom stereocenters. The van der Waals surface area contributed by atoms with Gasteiger partial charge in [0.25, 0.3) is 5.91 Å². The number of aryl methyl sites for hydroxylation is 1. The van der Waals surface area contributed by atoms with Gasteiger partial charge in [0, 0.05) is 16.3 Å². The summed E-state index contributed by atoms with van der Waals surface area (Å²) in [6.07, 6.45) is 1.52. The fourth-order valence-electron chi connectivity index (χ4n) is 3.23. The second kappa shape index (κ2) is 11.7. The summed E-state index contributed by atoms with van der Waals surface area (Å²) in [5, 5.41) is 13.1. The van der Waals surface area contributed by atoms with Gasteiger partial charge in [-0.1, -0.05) is 41.9 Å². The number of nitriles is 1. The quantitative estimate of drug-likeness (QED) is 0.242. The zero-order chi connectivity index (χ0) is 24.7. The van der Waals surface area contributed by atoms with Crippen LogP contribution in [0.1, 0.15) is 29.2 Å². The predicted octanol–water partition coefficient (Wildman–Crippen LogP) is 7.24. The van der Waals surface area contributed by atoms with E-state index in [1.807, 2.05) is 63.2 Å². The first-order valence-electron chi connectivity index (χ1n) is 10.7. The lowest BCUT2D eigenvalue weighted by Gasteiger charge is -2.15. The highest BCUT2D eigenvalue weighted by molar-refractivity contribution is 9.10. The summed E-state index contributed by atoms with van der Waals surface area (Å²) in [4.78, 5) is 12.8. The number of carbonyl (C=O) groups excluding carboxylic acids is 1. The number of ether oxygens (including phenoxy) is 2. The Balaban J connectivity index is 1.87. The first-order valence-corrected chi connectivity index (χ1v) is 11.8. The molecule has 0 aliphatic heterocycles. The number of benzene rings is 3. The molecule has 3 rings (SSSR count). The van der Waals surface area contributed by atoms with Crippen LogP contribution in [0.4, 0.5) is 5.69 Å². The van der Waals surface area contributed by atoms with Crippen molar-refractivity contribution < 1.29 is 14.3 Å². The summed E-state index contributed by atoms with van der Waals surface area (Å²) in [6.45, 7) is 6.43. The molecule has 0 unspecified atom stereocenters. The summed E-state index contributed by atoms with van der Waals surface area (Å²) in [5.41, 5.74) is 4.11. The van der Waals surface area contributed by atoms with Gasteiger partial charge in [-0.05, 0) is 83.7 Å². The van der Waals surface area contributed by atoms with E-state index in [1.54, 1.807) is 18.2 Å². The Bertz CT molecular complexity index is 1280. The molecule has 34 heavy (non-hydrogen) atoms. The van der Waals surface area contributed by atoms with Crippen LogP contribution in [0.5, 0.6) is 11.5 Å². The molecule has 0 heterocycles. The Hall–Kier alpha value is -3.27. The van der Waals surface area contributed by atoms with Crippen molar-refractivity contribution in [1.82, 2.24) is 0 Å². The van der Waals surface area contributed by atoms with E-state index in [1.165, 1.54) is 6.08 Å². The van der Waals surface area contributed by atoms with Gasteiger partial charge in [-0.3, -0.25) is 4.79 Å². The van der Waals surface area contributed by atoms with Crippen molar-refractivity contribution in [2.45, 2.75) is 27.4 Å². The highest BCUT2D eigenvalue weighted by atomic mass is 79.9. The summed E-state index contributed by atoms with van der Waals surface area (Å²) in [6, 6.07) is 18.6. The zero-order valence-corrected chi connectivity index (χ0v) is 21.5. The van der Waals surface area contributed by atoms with Gasteiger partial charge < -0.3 is 14.8 Å². The van der Waals surface area contributed by atoms with Crippen LogP contribution < -0.4 is 14.8 Å². The molecule has 0 saturated heterocycles. The molecule has 0 aromatic heterocycles. The number of halogens is 2. The van der Waals surface area contributed by atoms with Gasteiger partial charge in [0.1, 0.15) is 18.2 Å². The number of rotatable bonds is 8. The molecule has 0 bridgehead atoms. The minimum absolute atomic E-state index is 0.0278. The third-order valence-electron chi connectivity index (χ3n) is 5.19. The van der Waals surface area contributed by atoms with Crippen LogP contribution in [0.2, 0.25) is 5.02 Å². The molecule has 3 aromatic rings. The number of hydrogen-bond donors (Lipinski definition) is 1. The van der Waals surface area contributed by atoms with E-state index in [0.29, 0.717) is 38.9 Å². The van der Waals surface area contributed by atoms with Crippen molar-refractivity contribution in [3.63, 3.8) is 0 Å². The molecule has 3 aromatic carbocycles. The Morgan fingerprint density at radius 1 is 1.15 bits per heavy atom. The minimum atomic E-state index is -0.482. The van der Waals surface area contributed by atoms with E-state index in [9.17, 15) is 10.1 Å². The van der Waals surface area contributed by atoms with Crippen molar-refractivity contribution >= 4 is 45.2 Å². The summed E-state index contributed by atoms with van der Waals surface area (Å²) >= 11 is 9.77. The molecule has 0 radical (unpaired) electrons. The monoisotopic (exact) mass is 538 g/mol. The van der Waals surface area contributed by atoms with Crippen molar-refractivity contribution in [1.29, 1.82) is 5.26 Å². The second-order valence-corrected chi connectivity index (χ2v) is 8.78. The minimum Gasteiger partial charge on any atom is -0.490 e. The summed E-state index contributed by atoms with van der Waals surface area (Å²) in [7, 11) is 0. The van der Waals surface area contributed by atoms with Crippen molar-refractivity contribution in [2.75, 3.05) is 11.9 Å². The highest BCUT2D eigenvalue weighted by Crippen LogP contribution is 2.38. The van der Waals surface area contributed by atoms with E-state index in [2.05, 4.69) is 21.2 Å². The molecule has 1 N–H and O–H groups in total. The fraction of sp³-hybridized carbons (Fsp3) is 0.185. The molecule has 174 valence electrons. The lowest BCUT2D eigenvalue weighted by molar-refractivity contribution is -0.112. The first-order chi connectivity index (χ1) is 16.3. The molecule has 0 aliphatic carbocycles. The number of carbonyl (C=O) groups is 1. The zero-order valence-electron chi connectivity index (χ0n) is 19.1. The fourth-order valence-corrected chi connectivity index (χ4v) is 4.00. The molecular formula is C27H24BrClN2O3. The maximum atomic E-state index is 12.8. The molecule has 7 heteroatoms. The number of amides is 1. The average Bonchev–Trinajstić information content (AvgIpc) is 2.81. The highest BCUT2D eigenvalue weighted by Gasteiger charge is 2.16. The Morgan fingerprint density at radius 2 is 1.91 bits per heavy atom. The lowest BCUT2D eigenvalue weighted by atomic mass is 10.1. The molecule has 0 spiro atoms. The third kappa shape index (κ3) is 6.19. The van der Waals surface area contributed by atoms with Crippen molar-refractivity contribution in [3.05, 3.63) is 91.9 Å².